The molecule has 4 aromatic rings. The number of hydrogen-bond acceptors (Lipinski definition) is 3. The molecule has 4 heteroatoms. The number of benzene rings is 3. The summed E-state index contributed by atoms with van der Waals surface area (Å²) in [5.74, 6) is 1.41. The van der Waals surface area contributed by atoms with Gasteiger partial charge in [-0.3, -0.25) is 4.79 Å². The number of hydrogen-bond donors (Lipinski definition) is 1. The summed E-state index contributed by atoms with van der Waals surface area (Å²) in [6.07, 6.45) is 3.67. The minimum Gasteiger partial charge on any atom is -0.489 e. The minimum atomic E-state index is -0.115. The highest BCUT2D eigenvalue weighted by Gasteiger charge is 2.28. The second-order valence-corrected chi connectivity index (χ2v) is 7.16. The Bertz CT molecular complexity index is 1250. The van der Waals surface area contributed by atoms with Crippen molar-refractivity contribution in [3.05, 3.63) is 101 Å². The van der Waals surface area contributed by atoms with Crippen LogP contribution in [-0.2, 0) is 6.61 Å². The van der Waals surface area contributed by atoms with E-state index in [1.807, 2.05) is 48.7 Å². The molecule has 0 saturated carbocycles. The fourth-order valence-corrected chi connectivity index (χ4v) is 3.46. The summed E-state index contributed by atoms with van der Waals surface area (Å²) < 4.78 is 11.7. The molecular formula is C25H19NO3. The van der Waals surface area contributed by atoms with Gasteiger partial charge in [-0.2, -0.15) is 0 Å². The molecule has 0 atom stereocenters. The number of nitrogens with one attached hydrogen (secondary N) is 1. The highest BCUT2D eigenvalue weighted by molar-refractivity contribution is 6.15. The van der Waals surface area contributed by atoms with Gasteiger partial charge in [-0.15, -0.1) is 0 Å². The summed E-state index contributed by atoms with van der Waals surface area (Å²) in [7, 11) is 0. The van der Waals surface area contributed by atoms with Gasteiger partial charge in [0.05, 0.1) is 5.56 Å². The predicted octanol–water partition coefficient (Wildman–Crippen LogP) is 5.67. The second kappa shape index (κ2) is 6.99. The minimum absolute atomic E-state index is 0.115. The van der Waals surface area contributed by atoms with Crippen LogP contribution >= 0.6 is 0 Å². The van der Waals surface area contributed by atoms with Crippen LogP contribution < -0.4 is 9.47 Å². The Hall–Kier alpha value is -3.79. The summed E-state index contributed by atoms with van der Waals surface area (Å²) in [5, 5.41) is 1.05. The third-order valence-electron chi connectivity index (χ3n) is 5.08. The molecule has 0 bridgehead atoms. The van der Waals surface area contributed by atoms with E-state index in [-0.39, 0.29) is 5.78 Å². The number of aromatic amines is 1. The molecule has 142 valence electrons. The molecule has 3 aromatic carbocycles. The molecule has 2 heterocycles. The normalized spacial score (nSPS) is 14.2. The molecule has 1 aliphatic rings. The zero-order chi connectivity index (χ0) is 19.8. The van der Waals surface area contributed by atoms with Crippen LogP contribution in [0.15, 0.2) is 78.7 Å². The predicted molar refractivity (Wildman–Crippen MR) is 113 cm³/mol. The van der Waals surface area contributed by atoms with Gasteiger partial charge in [0.15, 0.2) is 5.76 Å². The Morgan fingerprint density at radius 2 is 1.86 bits per heavy atom. The number of aromatic nitrogens is 1. The van der Waals surface area contributed by atoms with Gasteiger partial charge in [0.1, 0.15) is 18.1 Å². The fourth-order valence-electron chi connectivity index (χ4n) is 3.46. The molecule has 4 nitrogen and oxygen atoms in total. The maximum atomic E-state index is 12.7. The number of rotatable bonds is 4. The largest absolute Gasteiger partial charge is 0.489 e. The first kappa shape index (κ1) is 17.3. The number of carbonyl (C=O) groups excluding carboxylic acids is 1. The van der Waals surface area contributed by atoms with Crippen molar-refractivity contribution in [2.24, 2.45) is 0 Å². The summed E-state index contributed by atoms with van der Waals surface area (Å²) in [6, 6.07) is 21.5. The standard InChI is InChI=1S/C25H19NO3/c1-16-6-8-17(9-7-16)15-28-19-10-11-21-23(13-19)29-24(25(21)27)12-18-14-26-22-5-3-2-4-20(18)22/h2-14,26H,15H2,1H3. The SMILES string of the molecule is Cc1ccc(COc2ccc3c(c2)OC(=Cc2c[nH]c4ccccc24)C3=O)cc1. The maximum Gasteiger partial charge on any atom is 0.231 e. The van der Waals surface area contributed by atoms with E-state index >= 15 is 0 Å². The number of aryl methyl sites for hydroxylation is 1. The highest BCUT2D eigenvalue weighted by atomic mass is 16.5. The fraction of sp³-hybridized carbons (Fsp3) is 0.0800. The van der Waals surface area contributed by atoms with Crippen LogP contribution in [0.3, 0.4) is 0 Å². The van der Waals surface area contributed by atoms with E-state index in [0.29, 0.717) is 29.4 Å². The van der Waals surface area contributed by atoms with Gasteiger partial charge in [0.2, 0.25) is 5.78 Å². The van der Waals surface area contributed by atoms with Gasteiger partial charge >= 0.3 is 0 Å². The van der Waals surface area contributed by atoms with Crippen LogP contribution in [0.25, 0.3) is 17.0 Å². The van der Waals surface area contributed by atoms with Crippen LogP contribution in [0, 0.1) is 6.92 Å². The second-order valence-electron chi connectivity index (χ2n) is 7.16. The number of H-pyrrole nitrogens is 1. The molecule has 5 rings (SSSR count). The molecule has 0 aliphatic carbocycles. The number of para-hydroxylation sites is 1. The van der Waals surface area contributed by atoms with Crippen molar-refractivity contribution in [1.82, 2.24) is 4.98 Å². The topological polar surface area (TPSA) is 51.3 Å². The van der Waals surface area contributed by atoms with E-state index in [2.05, 4.69) is 24.0 Å². The highest BCUT2D eigenvalue weighted by Crippen LogP contribution is 2.35. The van der Waals surface area contributed by atoms with Gasteiger partial charge < -0.3 is 14.5 Å². The molecule has 0 spiro atoms. The van der Waals surface area contributed by atoms with Gasteiger partial charge in [-0.05, 0) is 36.8 Å². The van der Waals surface area contributed by atoms with Crippen molar-refractivity contribution in [1.29, 1.82) is 0 Å². The van der Waals surface area contributed by atoms with Gasteiger partial charge in [0.25, 0.3) is 0 Å². The third kappa shape index (κ3) is 3.29. The van der Waals surface area contributed by atoms with E-state index in [4.69, 9.17) is 9.47 Å². The van der Waals surface area contributed by atoms with Crippen LogP contribution in [0.2, 0.25) is 0 Å². The average Bonchev–Trinajstić information content (AvgIpc) is 3.29. The van der Waals surface area contributed by atoms with Crippen molar-refractivity contribution in [2.75, 3.05) is 0 Å². The van der Waals surface area contributed by atoms with Crippen LogP contribution in [0.5, 0.6) is 11.5 Å². The first-order valence-electron chi connectivity index (χ1n) is 9.50. The van der Waals surface area contributed by atoms with Crippen molar-refractivity contribution in [2.45, 2.75) is 13.5 Å². The number of Topliss-reactive ketones (excluding diaryl/α,β-unsaturated/α-hetero) is 1. The van der Waals surface area contributed by atoms with Crippen molar-refractivity contribution in [3.63, 3.8) is 0 Å². The Balaban J connectivity index is 1.37. The summed E-state index contributed by atoms with van der Waals surface area (Å²) in [5.41, 5.74) is 4.81. The molecule has 0 radical (unpaired) electrons. The lowest BCUT2D eigenvalue weighted by atomic mass is 10.1. The Labute approximate surface area is 168 Å². The first-order valence-corrected chi connectivity index (χ1v) is 9.50. The number of fused-ring (bicyclic) bond motifs is 2. The maximum absolute atomic E-state index is 12.7. The van der Waals surface area contributed by atoms with Crippen molar-refractivity contribution < 1.29 is 14.3 Å². The van der Waals surface area contributed by atoms with Crippen molar-refractivity contribution >= 4 is 22.8 Å². The molecular weight excluding hydrogens is 362 g/mol. The van der Waals surface area contributed by atoms with E-state index in [9.17, 15) is 4.79 Å². The van der Waals surface area contributed by atoms with E-state index in [1.54, 1.807) is 18.2 Å². The molecule has 0 saturated heterocycles. The molecule has 0 fully saturated rings. The molecule has 1 N–H and O–H groups in total. The Morgan fingerprint density at radius 3 is 2.72 bits per heavy atom. The smallest absolute Gasteiger partial charge is 0.231 e. The Kier molecular flexibility index (Phi) is 4.17. The molecule has 29 heavy (non-hydrogen) atoms. The molecule has 1 aromatic heterocycles. The van der Waals surface area contributed by atoms with E-state index in [1.165, 1.54) is 5.56 Å². The van der Waals surface area contributed by atoms with Gasteiger partial charge in [-0.25, -0.2) is 0 Å². The van der Waals surface area contributed by atoms with Crippen molar-refractivity contribution in [3.8, 4) is 11.5 Å². The van der Waals surface area contributed by atoms with Crippen LogP contribution in [0.4, 0.5) is 0 Å². The quantitative estimate of drug-likeness (QED) is 0.463. The number of allylic oxidation sites excluding steroid dienone is 1. The summed E-state index contributed by atoms with van der Waals surface area (Å²) in [6.45, 7) is 2.52. The van der Waals surface area contributed by atoms with Gasteiger partial charge in [-0.1, -0.05) is 48.0 Å². The monoisotopic (exact) mass is 381 g/mol. The van der Waals surface area contributed by atoms with E-state index in [0.717, 1.165) is 22.0 Å². The van der Waals surface area contributed by atoms with E-state index < -0.39 is 0 Å². The lowest BCUT2D eigenvalue weighted by molar-refractivity contribution is 0.101. The van der Waals surface area contributed by atoms with Gasteiger partial charge in [0, 0.05) is 28.7 Å². The zero-order valence-electron chi connectivity index (χ0n) is 15.9. The third-order valence-corrected chi connectivity index (χ3v) is 5.08. The molecule has 1 aliphatic heterocycles. The summed E-state index contributed by atoms with van der Waals surface area (Å²) >= 11 is 0. The molecule has 0 amide bonds. The van der Waals surface area contributed by atoms with Crippen LogP contribution in [0.1, 0.15) is 27.0 Å². The average molecular weight is 381 g/mol. The first-order chi connectivity index (χ1) is 14.2. The lowest BCUT2D eigenvalue weighted by Crippen LogP contribution is -1.97. The number of ether oxygens (including phenoxy) is 2. The lowest BCUT2D eigenvalue weighted by Gasteiger charge is -2.07. The summed E-state index contributed by atoms with van der Waals surface area (Å²) in [4.78, 5) is 15.9. The Morgan fingerprint density at radius 1 is 1.03 bits per heavy atom. The zero-order valence-corrected chi connectivity index (χ0v) is 15.9. The van der Waals surface area contributed by atoms with Crippen LogP contribution in [-0.4, -0.2) is 10.8 Å². The molecule has 0 unspecified atom stereocenters. The number of ketones is 1. The number of carbonyl (C=O) groups is 1.